The molecule has 1 saturated carbocycles. The van der Waals surface area contributed by atoms with Crippen molar-refractivity contribution in [1.29, 1.82) is 0 Å². The summed E-state index contributed by atoms with van der Waals surface area (Å²) in [7, 11) is 0. The third-order valence-corrected chi connectivity index (χ3v) is 5.46. The topological polar surface area (TPSA) is 58.5 Å². The van der Waals surface area contributed by atoms with Crippen molar-refractivity contribution in [3.05, 3.63) is 83.6 Å². The van der Waals surface area contributed by atoms with Crippen molar-refractivity contribution in [3.63, 3.8) is 0 Å². The van der Waals surface area contributed by atoms with E-state index >= 15 is 0 Å². The quantitative estimate of drug-likeness (QED) is 0.626. The number of rotatable bonds is 5. The van der Waals surface area contributed by atoms with Crippen molar-refractivity contribution in [2.45, 2.75) is 44.2 Å². The van der Waals surface area contributed by atoms with E-state index in [0.717, 1.165) is 19.3 Å². The van der Waals surface area contributed by atoms with Gasteiger partial charge in [-0.15, -0.1) is 0 Å². The Morgan fingerprint density at radius 2 is 1.57 bits per heavy atom. The molecule has 0 amide bonds. The summed E-state index contributed by atoms with van der Waals surface area (Å²) < 4.78 is 0. The third-order valence-electron chi connectivity index (χ3n) is 5.46. The van der Waals surface area contributed by atoms with E-state index < -0.39 is 0 Å². The summed E-state index contributed by atoms with van der Waals surface area (Å²) in [5.74, 6) is -0.0503. The average molecular weight is 372 g/mol. The van der Waals surface area contributed by atoms with E-state index in [1.54, 1.807) is 18.2 Å². The summed E-state index contributed by atoms with van der Waals surface area (Å²) in [6.07, 6.45) is 6.22. The first-order valence-corrected chi connectivity index (χ1v) is 9.93. The summed E-state index contributed by atoms with van der Waals surface area (Å²) in [6, 6.07) is 18.9. The molecule has 28 heavy (non-hydrogen) atoms. The summed E-state index contributed by atoms with van der Waals surface area (Å²) in [5, 5.41) is 3.52. The molecule has 0 saturated heterocycles. The Hall–Kier alpha value is -3.01. The Kier molecular flexibility index (Phi) is 5.47. The molecule has 1 N–H and O–H groups in total. The van der Waals surface area contributed by atoms with Crippen LogP contribution in [0.3, 0.4) is 0 Å². The maximum atomic E-state index is 12.8. The van der Waals surface area contributed by atoms with Crippen LogP contribution in [0.4, 0.5) is 0 Å². The first-order valence-electron chi connectivity index (χ1n) is 9.93. The fourth-order valence-corrected chi connectivity index (χ4v) is 3.95. The van der Waals surface area contributed by atoms with E-state index in [4.69, 9.17) is 4.99 Å². The Morgan fingerprint density at radius 3 is 2.29 bits per heavy atom. The highest BCUT2D eigenvalue weighted by molar-refractivity contribution is 6.18. The SMILES string of the molecule is O=C(/C=C1\N[C@H]2CCCC[C@@H]2N=C1CC(=O)c1ccccc1)c1ccccc1. The number of Topliss-reactive ketones (excluding diaryl/α,β-unsaturated/α-hetero) is 1. The highest BCUT2D eigenvalue weighted by Crippen LogP contribution is 2.27. The predicted molar refractivity (Wildman–Crippen MR) is 111 cm³/mol. The lowest BCUT2D eigenvalue weighted by Gasteiger charge is -2.36. The van der Waals surface area contributed by atoms with Gasteiger partial charge in [0.15, 0.2) is 11.6 Å². The predicted octanol–water partition coefficient (Wildman–Crippen LogP) is 4.38. The molecular formula is C24H24N2O2. The van der Waals surface area contributed by atoms with Crippen molar-refractivity contribution in [2.24, 2.45) is 4.99 Å². The van der Waals surface area contributed by atoms with Crippen LogP contribution in [0, 0.1) is 0 Å². The molecule has 4 rings (SSSR count). The molecule has 0 aromatic heterocycles. The Morgan fingerprint density at radius 1 is 0.929 bits per heavy atom. The molecule has 4 heteroatoms. The molecule has 1 aliphatic heterocycles. The largest absolute Gasteiger partial charge is 0.379 e. The van der Waals surface area contributed by atoms with Crippen molar-refractivity contribution in [3.8, 4) is 0 Å². The number of ketones is 2. The van der Waals surface area contributed by atoms with Gasteiger partial charge in [0.2, 0.25) is 0 Å². The van der Waals surface area contributed by atoms with Crippen molar-refractivity contribution in [2.75, 3.05) is 0 Å². The Labute approximate surface area is 165 Å². The number of carbonyl (C=O) groups is 2. The second-order valence-electron chi connectivity index (χ2n) is 7.43. The minimum Gasteiger partial charge on any atom is -0.379 e. The van der Waals surface area contributed by atoms with E-state index in [2.05, 4.69) is 5.32 Å². The first kappa shape index (κ1) is 18.4. The van der Waals surface area contributed by atoms with E-state index in [-0.39, 0.29) is 30.1 Å². The molecule has 0 bridgehead atoms. The molecule has 2 atom stereocenters. The van der Waals surface area contributed by atoms with Crippen molar-refractivity contribution in [1.82, 2.24) is 5.32 Å². The zero-order chi connectivity index (χ0) is 19.3. The van der Waals surface area contributed by atoms with Gasteiger partial charge >= 0.3 is 0 Å². The van der Waals surface area contributed by atoms with Gasteiger partial charge in [-0.05, 0) is 12.8 Å². The molecule has 2 aliphatic rings. The number of allylic oxidation sites excluding steroid dienone is 2. The van der Waals surface area contributed by atoms with E-state index in [1.807, 2.05) is 48.5 Å². The van der Waals surface area contributed by atoms with Crippen LogP contribution in [-0.4, -0.2) is 29.4 Å². The number of hydrogen-bond acceptors (Lipinski definition) is 4. The fourth-order valence-electron chi connectivity index (χ4n) is 3.95. The van der Waals surface area contributed by atoms with Crippen LogP contribution in [0.1, 0.15) is 52.8 Å². The number of fused-ring (bicyclic) bond motifs is 1. The van der Waals surface area contributed by atoms with Crippen LogP contribution in [0.25, 0.3) is 0 Å². The van der Waals surface area contributed by atoms with Crippen molar-refractivity contribution >= 4 is 17.3 Å². The maximum Gasteiger partial charge on any atom is 0.187 e. The second-order valence-corrected chi connectivity index (χ2v) is 7.43. The highest BCUT2D eigenvalue weighted by Gasteiger charge is 2.31. The van der Waals surface area contributed by atoms with Crippen LogP contribution >= 0.6 is 0 Å². The summed E-state index contributed by atoms with van der Waals surface area (Å²) >= 11 is 0. The van der Waals surface area contributed by atoms with Crippen LogP contribution in [0.2, 0.25) is 0 Å². The van der Waals surface area contributed by atoms with Crippen LogP contribution in [0.5, 0.6) is 0 Å². The highest BCUT2D eigenvalue weighted by atomic mass is 16.1. The van der Waals surface area contributed by atoms with Crippen molar-refractivity contribution < 1.29 is 9.59 Å². The molecule has 0 unspecified atom stereocenters. The van der Waals surface area contributed by atoms with Gasteiger partial charge < -0.3 is 5.32 Å². The van der Waals surface area contributed by atoms with Gasteiger partial charge in [0.25, 0.3) is 0 Å². The minimum atomic E-state index is -0.0720. The van der Waals surface area contributed by atoms with Gasteiger partial charge in [0, 0.05) is 23.2 Å². The molecule has 2 aromatic carbocycles. The van der Waals surface area contributed by atoms with E-state index in [0.29, 0.717) is 22.5 Å². The standard InChI is InChI=1S/C24H24N2O2/c27-23(17-9-3-1-4-10-17)15-21-22(16-24(28)18-11-5-2-6-12-18)26-20-14-8-7-13-19(20)25-21/h1-6,9-12,15,19-20,25H,7-8,13-14,16H2/b21-15-/t19-,20-/m0/s1. The molecule has 142 valence electrons. The number of aliphatic imine (C=N–C) groups is 1. The number of hydrogen-bond donors (Lipinski definition) is 1. The summed E-state index contributed by atoms with van der Waals surface area (Å²) in [6.45, 7) is 0. The first-order chi connectivity index (χ1) is 13.7. The lowest BCUT2D eigenvalue weighted by molar-refractivity contribution is 0.0997. The van der Waals surface area contributed by atoms with Gasteiger partial charge in [-0.1, -0.05) is 73.5 Å². The van der Waals surface area contributed by atoms with Crippen LogP contribution in [0.15, 0.2) is 77.4 Å². The Bertz CT molecular complexity index is 916. The molecule has 0 radical (unpaired) electrons. The van der Waals surface area contributed by atoms with Gasteiger partial charge in [-0.3, -0.25) is 14.6 Å². The number of carbonyl (C=O) groups excluding carboxylic acids is 2. The summed E-state index contributed by atoms with van der Waals surface area (Å²) in [5.41, 5.74) is 2.70. The number of benzene rings is 2. The maximum absolute atomic E-state index is 12.8. The van der Waals surface area contributed by atoms with E-state index in [9.17, 15) is 9.59 Å². The molecular weight excluding hydrogens is 348 g/mol. The van der Waals surface area contributed by atoms with Gasteiger partial charge in [0.05, 0.1) is 23.9 Å². The molecule has 0 spiro atoms. The lowest BCUT2D eigenvalue weighted by atomic mass is 9.87. The average Bonchev–Trinajstić information content (AvgIpc) is 2.75. The Balaban J connectivity index is 1.63. The van der Waals surface area contributed by atoms with Crippen LogP contribution < -0.4 is 5.32 Å². The van der Waals surface area contributed by atoms with Gasteiger partial charge in [-0.2, -0.15) is 0 Å². The zero-order valence-corrected chi connectivity index (χ0v) is 15.8. The number of nitrogens with zero attached hydrogens (tertiary/aromatic N) is 1. The van der Waals surface area contributed by atoms with E-state index in [1.165, 1.54) is 6.42 Å². The zero-order valence-electron chi connectivity index (χ0n) is 15.8. The van der Waals surface area contributed by atoms with Gasteiger partial charge in [-0.25, -0.2) is 0 Å². The van der Waals surface area contributed by atoms with Crippen LogP contribution in [-0.2, 0) is 0 Å². The number of nitrogens with one attached hydrogen (secondary N) is 1. The molecule has 1 heterocycles. The monoisotopic (exact) mass is 372 g/mol. The molecule has 4 nitrogen and oxygen atoms in total. The van der Waals surface area contributed by atoms with Gasteiger partial charge in [0.1, 0.15) is 0 Å². The smallest absolute Gasteiger partial charge is 0.187 e. The third kappa shape index (κ3) is 4.11. The second kappa shape index (κ2) is 8.34. The normalized spacial score (nSPS) is 22.7. The molecule has 1 aliphatic carbocycles. The fraction of sp³-hybridized carbons (Fsp3) is 0.292. The minimum absolute atomic E-state index is 0.0217. The molecule has 1 fully saturated rings. The lowest BCUT2D eigenvalue weighted by Crippen LogP contribution is -2.47. The molecule has 2 aromatic rings. The summed E-state index contributed by atoms with van der Waals surface area (Å²) in [4.78, 5) is 30.4.